The lowest BCUT2D eigenvalue weighted by Gasteiger charge is -2.28. The molecule has 0 aliphatic carbocycles. The van der Waals surface area contributed by atoms with Crippen LogP contribution in [0.4, 0.5) is 5.69 Å². The number of para-hydroxylation sites is 1. The van der Waals surface area contributed by atoms with Crippen LogP contribution >= 0.6 is 23.1 Å². The fraction of sp³-hybridized carbons (Fsp3) is 0.278. The Morgan fingerprint density at radius 1 is 1.25 bits per heavy atom. The van der Waals surface area contributed by atoms with Crippen molar-refractivity contribution in [1.82, 2.24) is 15.2 Å². The smallest absolute Gasteiger partial charge is 0.237 e. The fourth-order valence-electron chi connectivity index (χ4n) is 3.16. The first-order valence-corrected chi connectivity index (χ1v) is 12.4. The summed E-state index contributed by atoms with van der Waals surface area (Å²) < 4.78 is 23.9. The molecule has 1 aliphatic rings. The summed E-state index contributed by atoms with van der Waals surface area (Å²) in [5.74, 6) is 0.772. The van der Waals surface area contributed by atoms with Gasteiger partial charge in [0.1, 0.15) is 0 Å². The molecule has 4 rings (SSSR count). The largest absolute Gasteiger partial charge is 0.308 e. The molecule has 10 heteroatoms. The Hall–Kier alpha value is -2.17. The number of H-pyrrole nitrogens is 1. The number of benzene rings is 1. The van der Waals surface area contributed by atoms with E-state index in [2.05, 4.69) is 15.2 Å². The second kappa shape index (κ2) is 8.06. The number of nitrogens with zero attached hydrogens (tertiary/aromatic N) is 3. The number of thioether (sulfide) groups is 1. The summed E-state index contributed by atoms with van der Waals surface area (Å²) in [6.45, 7) is 0. The number of aromatic nitrogens is 3. The maximum Gasteiger partial charge on any atom is 0.237 e. The quantitative estimate of drug-likeness (QED) is 0.600. The number of carbonyl (C=O) groups is 1. The Morgan fingerprint density at radius 2 is 2.07 bits per heavy atom. The summed E-state index contributed by atoms with van der Waals surface area (Å²) in [7, 11) is -3.10. The van der Waals surface area contributed by atoms with Gasteiger partial charge in [-0.3, -0.25) is 9.89 Å². The van der Waals surface area contributed by atoms with Crippen LogP contribution in [0.2, 0.25) is 0 Å². The lowest BCUT2D eigenvalue weighted by atomic mass is 10.2. The lowest BCUT2D eigenvalue weighted by molar-refractivity contribution is -0.116. The van der Waals surface area contributed by atoms with Crippen molar-refractivity contribution in [2.45, 2.75) is 17.6 Å². The second-order valence-electron chi connectivity index (χ2n) is 6.39. The number of sulfone groups is 1. The molecule has 1 fully saturated rings. The van der Waals surface area contributed by atoms with E-state index in [0.717, 1.165) is 4.88 Å². The number of aromatic amines is 1. The molecule has 0 radical (unpaired) electrons. The van der Waals surface area contributed by atoms with E-state index < -0.39 is 9.84 Å². The molecule has 3 heterocycles. The Kier molecular flexibility index (Phi) is 5.51. The van der Waals surface area contributed by atoms with Gasteiger partial charge in [0.2, 0.25) is 11.1 Å². The highest BCUT2D eigenvalue weighted by Crippen LogP contribution is 2.27. The van der Waals surface area contributed by atoms with Gasteiger partial charge in [0.15, 0.2) is 15.7 Å². The summed E-state index contributed by atoms with van der Waals surface area (Å²) in [5.41, 5.74) is 0.712. The van der Waals surface area contributed by atoms with Crippen molar-refractivity contribution < 1.29 is 13.2 Å². The summed E-state index contributed by atoms with van der Waals surface area (Å²) in [6.07, 6.45) is 0.455. The lowest BCUT2D eigenvalue weighted by Crippen LogP contribution is -2.42. The van der Waals surface area contributed by atoms with E-state index >= 15 is 0 Å². The number of carbonyl (C=O) groups excluding carboxylic acids is 1. The van der Waals surface area contributed by atoms with Gasteiger partial charge in [-0.2, -0.15) is 0 Å². The van der Waals surface area contributed by atoms with E-state index in [0.29, 0.717) is 23.1 Å². The number of hydrogen-bond acceptors (Lipinski definition) is 7. The van der Waals surface area contributed by atoms with E-state index in [9.17, 15) is 13.2 Å². The van der Waals surface area contributed by atoms with Gasteiger partial charge >= 0.3 is 0 Å². The molecule has 3 aromatic rings. The third-order valence-electron chi connectivity index (χ3n) is 4.42. The molecule has 28 heavy (non-hydrogen) atoms. The van der Waals surface area contributed by atoms with Gasteiger partial charge < -0.3 is 4.90 Å². The van der Waals surface area contributed by atoms with Crippen molar-refractivity contribution >= 4 is 44.5 Å². The molecule has 146 valence electrons. The number of anilines is 1. The van der Waals surface area contributed by atoms with Gasteiger partial charge in [-0.15, -0.1) is 16.4 Å². The fourth-order valence-corrected chi connectivity index (χ4v) is 6.18. The first kappa shape index (κ1) is 19.2. The first-order valence-electron chi connectivity index (χ1n) is 8.68. The van der Waals surface area contributed by atoms with Crippen molar-refractivity contribution in [3.05, 3.63) is 47.8 Å². The zero-order valence-corrected chi connectivity index (χ0v) is 17.3. The Labute approximate surface area is 171 Å². The van der Waals surface area contributed by atoms with Crippen LogP contribution in [0.1, 0.15) is 6.42 Å². The molecular formula is C18H18N4O3S3. The van der Waals surface area contributed by atoms with Crippen LogP contribution in [0.15, 0.2) is 53.0 Å². The second-order valence-corrected chi connectivity index (χ2v) is 10.5. The highest BCUT2D eigenvalue weighted by Gasteiger charge is 2.35. The minimum absolute atomic E-state index is 0.00147. The molecule has 2 aromatic heterocycles. The van der Waals surface area contributed by atoms with Crippen molar-refractivity contribution in [3.63, 3.8) is 0 Å². The number of hydrogen-bond donors (Lipinski definition) is 1. The minimum atomic E-state index is -3.10. The Balaban J connectivity index is 1.48. The van der Waals surface area contributed by atoms with Crippen LogP contribution < -0.4 is 4.90 Å². The summed E-state index contributed by atoms with van der Waals surface area (Å²) >= 11 is 2.80. The maximum absolute atomic E-state index is 13.0. The van der Waals surface area contributed by atoms with Gasteiger partial charge in [-0.1, -0.05) is 36.0 Å². The van der Waals surface area contributed by atoms with Crippen LogP contribution in [-0.2, 0) is 14.6 Å². The summed E-state index contributed by atoms with van der Waals surface area (Å²) in [4.78, 5) is 20.0. The molecule has 1 N–H and O–H groups in total. The number of thiophene rings is 1. The number of amides is 1. The molecule has 0 spiro atoms. The van der Waals surface area contributed by atoms with Crippen molar-refractivity contribution in [2.75, 3.05) is 22.2 Å². The highest BCUT2D eigenvalue weighted by atomic mass is 32.2. The topological polar surface area (TPSA) is 96.0 Å². The van der Waals surface area contributed by atoms with Gasteiger partial charge in [0.25, 0.3) is 0 Å². The van der Waals surface area contributed by atoms with Gasteiger partial charge in [0, 0.05) is 5.69 Å². The highest BCUT2D eigenvalue weighted by molar-refractivity contribution is 7.99. The van der Waals surface area contributed by atoms with Crippen LogP contribution in [0.5, 0.6) is 0 Å². The molecule has 1 amide bonds. The summed E-state index contributed by atoms with van der Waals surface area (Å²) in [6, 6.07) is 12.8. The average molecular weight is 435 g/mol. The summed E-state index contributed by atoms with van der Waals surface area (Å²) in [5, 5.41) is 9.50. The molecule has 0 saturated carbocycles. The zero-order chi connectivity index (χ0) is 19.6. The van der Waals surface area contributed by atoms with E-state index in [-0.39, 0.29) is 29.2 Å². The van der Waals surface area contributed by atoms with Crippen molar-refractivity contribution in [2.24, 2.45) is 0 Å². The van der Waals surface area contributed by atoms with E-state index in [1.807, 2.05) is 47.8 Å². The molecule has 0 bridgehead atoms. The third-order valence-corrected chi connectivity index (χ3v) is 7.88. The predicted molar refractivity (Wildman–Crippen MR) is 111 cm³/mol. The van der Waals surface area contributed by atoms with Crippen LogP contribution in [-0.4, -0.2) is 52.8 Å². The van der Waals surface area contributed by atoms with E-state index in [4.69, 9.17) is 0 Å². The van der Waals surface area contributed by atoms with Crippen LogP contribution in [0, 0.1) is 0 Å². The predicted octanol–water partition coefficient (Wildman–Crippen LogP) is 2.85. The monoisotopic (exact) mass is 434 g/mol. The molecule has 1 atom stereocenters. The van der Waals surface area contributed by atoms with Gasteiger partial charge in [0.05, 0.1) is 28.2 Å². The molecule has 7 nitrogen and oxygen atoms in total. The standard InChI is InChI=1S/C18H18N4O3S3/c23-16(11-27-18-19-17(20-21-18)15-7-4-9-26-15)22(13-5-2-1-3-6-13)14-8-10-28(24,25)12-14/h1-7,9,14H,8,10-12H2,(H,19,20,21). The maximum atomic E-state index is 13.0. The average Bonchev–Trinajstić information content (AvgIpc) is 3.42. The van der Waals surface area contributed by atoms with E-state index in [1.165, 1.54) is 11.8 Å². The number of rotatable bonds is 6. The van der Waals surface area contributed by atoms with Gasteiger partial charge in [-0.25, -0.2) is 13.4 Å². The molecular weight excluding hydrogens is 416 g/mol. The first-order chi connectivity index (χ1) is 13.5. The van der Waals surface area contributed by atoms with E-state index in [1.54, 1.807) is 16.2 Å². The molecule has 1 aromatic carbocycles. The minimum Gasteiger partial charge on any atom is -0.308 e. The normalized spacial score (nSPS) is 18.2. The third kappa shape index (κ3) is 4.29. The van der Waals surface area contributed by atoms with Crippen LogP contribution in [0.3, 0.4) is 0 Å². The molecule has 1 unspecified atom stereocenters. The van der Waals surface area contributed by atoms with Gasteiger partial charge in [-0.05, 0) is 30.0 Å². The van der Waals surface area contributed by atoms with Crippen molar-refractivity contribution in [1.29, 1.82) is 0 Å². The number of nitrogens with one attached hydrogen (secondary N) is 1. The zero-order valence-electron chi connectivity index (χ0n) is 14.8. The Bertz CT molecular complexity index is 1050. The van der Waals surface area contributed by atoms with Crippen LogP contribution in [0.25, 0.3) is 10.7 Å². The SMILES string of the molecule is O=C(CSc1n[nH]c(-c2cccs2)n1)N(c1ccccc1)C1CCS(=O)(=O)C1. The van der Waals surface area contributed by atoms with Crippen molar-refractivity contribution in [3.8, 4) is 10.7 Å². The molecule has 1 saturated heterocycles. The Morgan fingerprint density at radius 3 is 2.75 bits per heavy atom. The molecule has 1 aliphatic heterocycles.